The van der Waals surface area contributed by atoms with E-state index < -0.39 is 0 Å². The Labute approximate surface area is 117 Å². The summed E-state index contributed by atoms with van der Waals surface area (Å²) in [4.78, 5) is 4.07. The number of nitrogens with zero attached hydrogens (tertiary/aromatic N) is 1. The smallest absolute Gasteiger partial charge is 0.138 e. The van der Waals surface area contributed by atoms with Crippen molar-refractivity contribution in [3.8, 4) is 5.75 Å². The molecule has 0 radical (unpaired) electrons. The van der Waals surface area contributed by atoms with E-state index in [9.17, 15) is 0 Å². The first kappa shape index (κ1) is 13.8. The third-order valence-corrected chi connectivity index (χ3v) is 3.73. The monoisotopic (exact) mass is 313 g/mol. The van der Waals surface area contributed by atoms with Crippen LogP contribution >= 0.6 is 15.9 Å². The lowest BCUT2D eigenvalue weighted by atomic mass is 9.94. The van der Waals surface area contributed by atoms with Gasteiger partial charge in [-0.2, -0.15) is 0 Å². The molecule has 1 aromatic rings. The summed E-state index contributed by atoms with van der Waals surface area (Å²) in [5.41, 5.74) is 0. The van der Waals surface area contributed by atoms with Crippen LogP contribution in [0.1, 0.15) is 32.1 Å². The van der Waals surface area contributed by atoms with Gasteiger partial charge in [0.05, 0.1) is 12.8 Å². The van der Waals surface area contributed by atoms with E-state index >= 15 is 0 Å². The molecule has 2 heterocycles. The summed E-state index contributed by atoms with van der Waals surface area (Å²) < 4.78 is 12.0. The molecule has 1 saturated heterocycles. The predicted octanol–water partition coefficient (Wildman–Crippen LogP) is 3.82. The molecule has 3 nitrogen and oxygen atoms in total. The second-order valence-electron chi connectivity index (χ2n) is 4.74. The molecule has 0 atom stereocenters. The summed E-state index contributed by atoms with van der Waals surface area (Å²) in [5.74, 6) is 1.71. The standard InChI is InChI=1S/C14H20BrNO2/c15-13-9-14(11-16-10-13)18-6-2-1-3-12-4-7-17-8-5-12/h9-12H,1-8H2. The molecule has 1 aromatic heterocycles. The average molecular weight is 314 g/mol. The minimum atomic E-state index is 0.779. The third-order valence-electron chi connectivity index (χ3n) is 3.30. The fourth-order valence-electron chi connectivity index (χ4n) is 2.23. The number of hydrogen-bond donors (Lipinski definition) is 0. The van der Waals surface area contributed by atoms with Crippen molar-refractivity contribution in [3.05, 3.63) is 22.9 Å². The van der Waals surface area contributed by atoms with Crippen molar-refractivity contribution >= 4 is 15.9 Å². The summed E-state index contributed by atoms with van der Waals surface area (Å²) in [6, 6.07) is 1.95. The van der Waals surface area contributed by atoms with E-state index in [4.69, 9.17) is 9.47 Å². The van der Waals surface area contributed by atoms with Crippen LogP contribution in [0.3, 0.4) is 0 Å². The highest BCUT2D eigenvalue weighted by Crippen LogP contribution is 2.21. The number of aromatic nitrogens is 1. The first-order chi connectivity index (χ1) is 8.84. The van der Waals surface area contributed by atoms with Crippen LogP contribution in [0, 0.1) is 5.92 Å². The maximum atomic E-state index is 5.66. The molecule has 1 aliphatic rings. The lowest BCUT2D eigenvalue weighted by molar-refractivity contribution is 0.0628. The van der Waals surface area contributed by atoms with Gasteiger partial charge in [-0.1, -0.05) is 6.42 Å². The maximum absolute atomic E-state index is 5.66. The van der Waals surface area contributed by atoms with E-state index in [-0.39, 0.29) is 0 Å². The lowest BCUT2D eigenvalue weighted by Crippen LogP contribution is -2.15. The highest BCUT2D eigenvalue weighted by Gasteiger charge is 2.12. The summed E-state index contributed by atoms with van der Waals surface area (Å²) in [5, 5.41) is 0. The molecule has 100 valence electrons. The van der Waals surface area contributed by atoms with E-state index in [2.05, 4.69) is 20.9 Å². The molecule has 18 heavy (non-hydrogen) atoms. The van der Waals surface area contributed by atoms with Crippen LogP contribution in [0.4, 0.5) is 0 Å². The largest absolute Gasteiger partial charge is 0.492 e. The molecular weight excluding hydrogens is 294 g/mol. The summed E-state index contributed by atoms with van der Waals surface area (Å²) in [6.07, 6.45) is 9.65. The van der Waals surface area contributed by atoms with Gasteiger partial charge in [0.25, 0.3) is 0 Å². The van der Waals surface area contributed by atoms with Crippen molar-refractivity contribution < 1.29 is 9.47 Å². The fourth-order valence-corrected chi connectivity index (χ4v) is 2.58. The second-order valence-corrected chi connectivity index (χ2v) is 5.65. The molecule has 0 N–H and O–H groups in total. The molecule has 0 aliphatic carbocycles. The number of rotatable bonds is 6. The highest BCUT2D eigenvalue weighted by atomic mass is 79.9. The lowest BCUT2D eigenvalue weighted by Gasteiger charge is -2.21. The van der Waals surface area contributed by atoms with Crippen LogP contribution in [0.5, 0.6) is 5.75 Å². The Bertz CT molecular complexity index is 353. The number of halogens is 1. The SMILES string of the molecule is Brc1cncc(OCCCCC2CCOCC2)c1. The van der Waals surface area contributed by atoms with E-state index in [1.807, 2.05) is 6.07 Å². The molecule has 2 rings (SSSR count). The molecule has 0 amide bonds. The molecule has 0 saturated carbocycles. The molecule has 1 aliphatic heterocycles. The van der Waals surface area contributed by atoms with Crippen molar-refractivity contribution in [2.24, 2.45) is 5.92 Å². The molecule has 0 unspecified atom stereocenters. The minimum Gasteiger partial charge on any atom is -0.492 e. The first-order valence-electron chi connectivity index (χ1n) is 6.65. The van der Waals surface area contributed by atoms with Crippen LogP contribution in [0.25, 0.3) is 0 Å². The molecule has 0 spiro atoms. The number of ether oxygens (including phenoxy) is 2. The van der Waals surface area contributed by atoms with Gasteiger partial charge in [-0.25, -0.2) is 0 Å². The number of unbranched alkanes of at least 4 members (excludes halogenated alkanes) is 1. The average Bonchev–Trinajstić information content (AvgIpc) is 2.40. The molecule has 0 aromatic carbocycles. The zero-order chi connectivity index (χ0) is 12.6. The van der Waals surface area contributed by atoms with Crippen LogP contribution in [-0.2, 0) is 4.74 Å². The predicted molar refractivity (Wildman–Crippen MR) is 74.8 cm³/mol. The Kier molecular flexibility index (Phi) is 5.94. The van der Waals surface area contributed by atoms with Crippen LogP contribution in [0.2, 0.25) is 0 Å². The molecular formula is C14H20BrNO2. The zero-order valence-corrected chi connectivity index (χ0v) is 12.2. The van der Waals surface area contributed by atoms with Crippen LogP contribution in [0.15, 0.2) is 22.9 Å². The highest BCUT2D eigenvalue weighted by molar-refractivity contribution is 9.10. The van der Waals surface area contributed by atoms with Crippen molar-refractivity contribution in [2.75, 3.05) is 19.8 Å². The number of pyridine rings is 1. The van der Waals surface area contributed by atoms with Gasteiger partial charge in [0.1, 0.15) is 5.75 Å². The summed E-state index contributed by atoms with van der Waals surface area (Å²) in [6.45, 7) is 2.68. The van der Waals surface area contributed by atoms with E-state index in [1.165, 1.54) is 25.7 Å². The van der Waals surface area contributed by atoms with E-state index in [0.29, 0.717) is 0 Å². The van der Waals surface area contributed by atoms with Crippen molar-refractivity contribution in [1.82, 2.24) is 4.98 Å². The van der Waals surface area contributed by atoms with Crippen LogP contribution < -0.4 is 4.74 Å². The molecule has 4 heteroatoms. The van der Waals surface area contributed by atoms with Crippen LogP contribution in [-0.4, -0.2) is 24.8 Å². The van der Waals surface area contributed by atoms with Crippen molar-refractivity contribution in [2.45, 2.75) is 32.1 Å². The summed E-state index contributed by atoms with van der Waals surface area (Å²) >= 11 is 3.38. The van der Waals surface area contributed by atoms with Crippen molar-refractivity contribution in [1.29, 1.82) is 0 Å². The molecule has 0 bridgehead atoms. The van der Waals surface area contributed by atoms with Crippen molar-refractivity contribution in [3.63, 3.8) is 0 Å². The van der Waals surface area contributed by atoms with Gasteiger partial charge in [-0.15, -0.1) is 0 Å². The zero-order valence-electron chi connectivity index (χ0n) is 10.6. The second kappa shape index (κ2) is 7.74. The summed E-state index contributed by atoms with van der Waals surface area (Å²) in [7, 11) is 0. The van der Waals surface area contributed by atoms with Gasteiger partial charge in [0.15, 0.2) is 0 Å². The van der Waals surface area contributed by atoms with E-state index in [0.717, 1.165) is 42.4 Å². The fraction of sp³-hybridized carbons (Fsp3) is 0.643. The first-order valence-corrected chi connectivity index (χ1v) is 7.45. The van der Waals surface area contributed by atoms with Gasteiger partial charge in [0, 0.05) is 23.9 Å². The molecule has 1 fully saturated rings. The Balaban J connectivity index is 1.55. The minimum absolute atomic E-state index is 0.779. The normalized spacial score (nSPS) is 16.7. The Morgan fingerprint density at radius 3 is 2.89 bits per heavy atom. The van der Waals surface area contributed by atoms with Gasteiger partial charge in [-0.3, -0.25) is 4.98 Å². The van der Waals surface area contributed by atoms with Gasteiger partial charge in [0.2, 0.25) is 0 Å². The van der Waals surface area contributed by atoms with E-state index in [1.54, 1.807) is 12.4 Å². The number of hydrogen-bond acceptors (Lipinski definition) is 3. The quantitative estimate of drug-likeness (QED) is 0.748. The Hall–Kier alpha value is -0.610. The Morgan fingerprint density at radius 1 is 1.28 bits per heavy atom. The van der Waals surface area contributed by atoms with Gasteiger partial charge >= 0.3 is 0 Å². The van der Waals surface area contributed by atoms with Gasteiger partial charge in [-0.05, 0) is 53.6 Å². The topological polar surface area (TPSA) is 31.4 Å². The van der Waals surface area contributed by atoms with Gasteiger partial charge < -0.3 is 9.47 Å². The maximum Gasteiger partial charge on any atom is 0.138 e. The third kappa shape index (κ3) is 4.94. The Morgan fingerprint density at radius 2 is 2.11 bits per heavy atom.